The van der Waals surface area contributed by atoms with E-state index in [1.165, 1.54) is 7.11 Å². The molecular formula is C19H22N2O5. The van der Waals surface area contributed by atoms with E-state index in [1.807, 2.05) is 13.8 Å². The zero-order valence-electron chi connectivity index (χ0n) is 15.1. The van der Waals surface area contributed by atoms with E-state index in [0.29, 0.717) is 24.2 Å². The van der Waals surface area contributed by atoms with Crippen LogP contribution in [-0.2, 0) is 23.8 Å². The van der Waals surface area contributed by atoms with Gasteiger partial charge in [-0.15, -0.1) is 0 Å². The van der Waals surface area contributed by atoms with Crippen LogP contribution in [0, 0.1) is 5.41 Å². The number of carbonyl (C=O) groups excluding carboxylic acids is 2. The van der Waals surface area contributed by atoms with Gasteiger partial charge in [0.15, 0.2) is 12.6 Å². The number of ether oxygens (including phenoxy) is 3. The number of Topliss-reactive ketones (excluding diaryl/α,β-unsaturated/α-hetero) is 1. The van der Waals surface area contributed by atoms with Crippen molar-refractivity contribution in [3.05, 3.63) is 52.9 Å². The summed E-state index contributed by atoms with van der Waals surface area (Å²) in [4.78, 5) is 29.5. The Balaban J connectivity index is 2.11. The van der Waals surface area contributed by atoms with Gasteiger partial charge in [0.05, 0.1) is 5.92 Å². The smallest absolute Gasteiger partial charge is 0.342 e. The predicted molar refractivity (Wildman–Crippen MR) is 92.3 cm³/mol. The Bertz CT molecular complexity index is 795. The Kier molecular flexibility index (Phi) is 4.82. The monoisotopic (exact) mass is 358 g/mol. The third-order valence-electron chi connectivity index (χ3n) is 4.52. The first-order valence-electron chi connectivity index (χ1n) is 8.34. The summed E-state index contributed by atoms with van der Waals surface area (Å²) in [5, 5.41) is 0. The van der Waals surface area contributed by atoms with Crippen molar-refractivity contribution in [1.82, 2.24) is 4.98 Å². The van der Waals surface area contributed by atoms with Crippen LogP contribution in [0.15, 0.2) is 47.3 Å². The molecule has 1 aliphatic heterocycles. The molecule has 0 saturated carbocycles. The first-order valence-corrected chi connectivity index (χ1v) is 8.34. The summed E-state index contributed by atoms with van der Waals surface area (Å²) < 4.78 is 15.6. The molecule has 7 heteroatoms. The van der Waals surface area contributed by atoms with Gasteiger partial charge in [0.1, 0.15) is 11.3 Å². The maximum atomic E-state index is 12.9. The SMILES string of the molecule is COCOC(=O)C1=C(N)OC2=C(C(=O)CC(C)(C)C2)C1c1ccncc1. The minimum Gasteiger partial charge on any atom is -0.445 e. The lowest BCUT2D eigenvalue weighted by atomic mass is 9.70. The number of hydrogen-bond acceptors (Lipinski definition) is 7. The van der Waals surface area contributed by atoms with E-state index in [9.17, 15) is 9.59 Å². The third kappa shape index (κ3) is 3.35. The fraction of sp³-hybridized carbons (Fsp3) is 0.421. The van der Waals surface area contributed by atoms with Crippen molar-refractivity contribution in [1.29, 1.82) is 0 Å². The highest BCUT2D eigenvalue weighted by Crippen LogP contribution is 2.48. The van der Waals surface area contributed by atoms with Crippen LogP contribution in [0.25, 0.3) is 0 Å². The summed E-state index contributed by atoms with van der Waals surface area (Å²) in [5.41, 5.74) is 7.16. The molecule has 0 radical (unpaired) electrons. The standard InChI is InChI=1S/C19H22N2O5/c1-19(2)8-12(22)15-13(9-19)26-17(20)16(18(23)25-10-24-3)14(15)11-4-6-21-7-5-11/h4-7,14H,8-10,20H2,1-3H3. The molecule has 1 aromatic heterocycles. The van der Waals surface area contributed by atoms with Gasteiger partial charge in [0, 0.05) is 37.9 Å². The minimum absolute atomic E-state index is 0.0443. The topological polar surface area (TPSA) is 101 Å². The van der Waals surface area contributed by atoms with Crippen LogP contribution in [0.1, 0.15) is 38.2 Å². The second-order valence-electron chi connectivity index (χ2n) is 7.21. The van der Waals surface area contributed by atoms with Crippen molar-refractivity contribution < 1.29 is 23.8 Å². The summed E-state index contributed by atoms with van der Waals surface area (Å²) in [6.45, 7) is 3.79. The maximum absolute atomic E-state index is 12.9. The lowest BCUT2D eigenvalue weighted by Gasteiger charge is -2.37. The molecule has 138 valence electrons. The quantitative estimate of drug-likeness (QED) is 0.650. The average molecular weight is 358 g/mol. The fourth-order valence-corrected chi connectivity index (χ4v) is 3.46. The number of ketones is 1. The fourth-order valence-electron chi connectivity index (χ4n) is 3.46. The molecule has 26 heavy (non-hydrogen) atoms. The molecule has 3 rings (SSSR count). The molecule has 1 aromatic rings. The molecule has 0 spiro atoms. The zero-order valence-corrected chi connectivity index (χ0v) is 15.1. The van der Waals surface area contributed by atoms with Gasteiger partial charge in [-0.25, -0.2) is 4.79 Å². The lowest BCUT2D eigenvalue weighted by molar-refractivity contribution is -0.149. The van der Waals surface area contributed by atoms with Gasteiger partial charge >= 0.3 is 5.97 Å². The highest BCUT2D eigenvalue weighted by molar-refractivity contribution is 6.03. The molecule has 0 saturated heterocycles. The number of nitrogens with zero attached hydrogens (tertiary/aromatic N) is 1. The first-order chi connectivity index (χ1) is 12.3. The van der Waals surface area contributed by atoms with Crippen molar-refractivity contribution in [3.8, 4) is 0 Å². The molecule has 7 nitrogen and oxygen atoms in total. The Hall–Kier alpha value is -2.67. The highest BCUT2D eigenvalue weighted by atomic mass is 16.7. The Morgan fingerprint density at radius 1 is 1.35 bits per heavy atom. The van der Waals surface area contributed by atoms with Crippen LogP contribution < -0.4 is 5.73 Å². The molecular weight excluding hydrogens is 336 g/mol. The van der Waals surface area contributed by atoms with E-state index < -0.39 is 11.9 Å². The van der Waals surface area contributed by atoms with Crippen LogP contribution in [0.3, 0.4) is 0 Å². The molecule has 1 atom stereocenters. The van der Waals surface area contributed by atoms with E-state index in [-0.39, 0.29) is 29.4 Å². The molecule has 0 bridgehead atoms. The van der Waals surface area contributed by atoms with Crippen molar-refractivity contribution in [3.63, 3.8) is 0 Å². The van der Waals surface area contributed by atoms with Crippen molar-refractivity contribution in [2.75, 3.05) is 13.9 Å². The van der Waals surface area contributed by atoms with Crippen LogP contribution in [0.4, 0.5) is 0 Å². The second-order valence-corrected chi connectivity index (χ2v) is 7.21. The summed E-state index contributed by atoms with van der Waals surface area (Å²) >= 11 is 0. The normalized spacial score (nSPS) is 22.0. The van der Waals surface area contributed by atoms with Crippen molar-refractivity contribution in [2.45, 2.75) is 32.6 Å². The molecule has 2 heterocycles. The number of pyridine rings is 1. The molecule has 1 unspecified atom stereocenters. The largest absolute Gasteiger partial charge is 0.445 e. The lowest BCUT2D eigenvalue weighted by Crippen LogP contribution is -2.35. The maximum Gasteiger partial charge on any atom is 0.342 e. The Labute approximate surface area is 151 Å². The number of allylic oxidation sites excluding steroid dienone is 2. The predicted octanol–water partition coefficient (Wildman–Crippen LogP) is 2.16. The summed E-state index contributed by atoms with van der Waals surface area (Å²) in [6.07, 6.45) is 4.15. The molecule has 0 amide bonds. The molecule has 2 N–H and O–H groups in total. The van der Waals surface area contributed by atoms with E-state index in [1.54, 1.807) is 24.5 Å². The number of methoxy groups -OCH3 is 1. The summed E-state index contributed by atoms with van der Waals surface area (Å²) in [5.74, 6) is -0.890. The first kappa shape index (κ1) is 18.1. The number of esters is 1. The van der Waals surface area contributed by atoms with Gasteiger partial charge in [-0.2, -0.15) is 0 Å². The Morgan fingerprint density at radius 3 is 2.69 bits per heavy atom. The second kappa shape index (κ2) is 6.92. The third-order valence-corrected chi connectivity index (χ3v) is 4.52. The van der Waals surface area contributed by atoms with E-state index in [4.69, 9.17) is 19.9 Å². The minimum atomic E-state index is -0.671. The van der Waals surface area contributed by atoms with Gasteiger partial charge in [0.2, 0.25) is 5.88 Å². The van der Waals surface area contributed by atoms with Gasteiger partial charge < -0.3 is 19.9 Å². The van der Waals surface area contributed by atoms with Crippen LogP contribution in [0.5, 0.6) is 0 Å². The number of nitrogens with two attached hydrogens (primary N) is 1. The van der Waals surface area contributed by atoms with Crippen molar-refractivity contribution >= 4 is 11.8 Å². The number of carbonyl (C=O) groups is 2. The molecule has 0 aromatic carbocycles. The van der Waals surface area contributed by atoms with E-state index in [0.717, 1.165) is 5.56 Å². The van der Waals surface area contributed by atoms with Crippen molar-refractivity contribution in [2.24, 2.45) is 11.1 Å². The molecule has 1 aliphatic carbocycles. The van der Waals surface area contributed by atoms with E-state index >= 15 is 0 Å². The number of hydrogen-bond donors (Lipinski definition) is 1. The van der Waals surface area contributed by atoms with E-state index in [2.05, 4.69) is 4.98 Å². The zero-order chi connectivity index (χ0) is 18.9. The van der Waals surface area contributed by atoms with Gasteiger partial charge in [-0.05, 0) is 23.1 Å². The van der Waals surface area contributed by atoms with Crippen LogP contribution in [-0.4, -0.2) is 30.6 Å². The molecule has 2 aliphatic rings. The summed E-state index contributed by atoms with van der Waals surface area (Å²) in [7, 11) is 1.41. The van der Waals surface area contributed by atoms with Gasteiger partial charge in [-0.3, -0.25) is 9.78 Å². The average Bonchev–Trinajstić information content (AvgIpc) is 2.58. The van der Waals surface area contributed by atoms with Gasteiger partial charge in [-0.1, -0.05) is 13.8 Å². The number of rotatable bonds is 4. The highest BCUT2D eigenvalue weighted by Gasteiger charge is 2.45. The molecule has 0 fully saturated rings. The number of aromatic nitrogens is 1. The van der Waals surface area contributed by atoms with Crippen LogP contribution >= 0.6 is 0 Å². The van der Waals surface area contributed by atoms with Gasteiger partial charge in [0.25, 0.3) is 0 Å². The summed E-state index contributed by atoms with van der Waals surface area (Å²) in [6, 6.07) is 3.51. The van der Waals surface area contributed by atoms with Crippen LogP contribution in [0.2, 0.25) is 0 Å². The Morgan fingerprint density at radius 2 is 2.04 bits per heavy atom.